The highest BCUT2D eigenvalue weighted by molar-refractivity contribution is 14.0. The molecule has 3 N–H and O–H groups in total. The smallest absolute Gasteiger partial charge is 0.411 e. The number of carbonyl (C=O) groups is 1. The van der Waals surface area contributed by atoms with E-state index in [-0.39, 0.29) is 24.0 Å². The lowest BCUT2D eigenvalue weighted by Gasteiger charge is -2.11. The first-order valence-corrected chi connectivity index (χ1v) is 7.83. The third-order valence-corrected chi connectivity index (χ3v) is 3.55. The van der Waals surface area contributed by atoms with Crippen molar-refractivity contribution in [2.24, 2.45) is 4.99 Å². The predicted molar refractivity (Wildman–Crippen MR) is 111 cm³/mol. The summed E-state index contributed by atoms with van der Waals surface area (Å²) in [6, 6.07) is 7.43. The second-order valence-electron chi connectivity index (χ2n) is 5.34. The van der Waals surface area contributed by atoms with Gasteiger partial charge in [0.1, 0.15) is 5.76 Å². The Bertz CT molecular complexity index is 724. The predicted octanol–water partition coefficient (Wildman–Crippen LogP) is 2.95. The van der Waals surface area contributed by atoms with Gasteiger partial charge in [0, 0.05) is 19.3 Å². The quantitative estimate of drug-likeness (QED) is 0.351. The summed E-state index contributed by atoms with van der Waals surface area (Å²) in [6.07, 6.45) is -0.493. The number of aromatic nitrogens is 1. The van der Waals surface area contributed by atoms with Crippen molar-refractivity contribution in [3.63, 3.8) is 0 Å². The van der Waals surface area contributed by atoms with Crippen molar-refractivity contribution in [1.29, 1.82) is 0 Å². The van der Waals surface area contributed by atoms with Gasteiger partial charge in [-0.25, -0.2) is 9.78 Å². The van der Waals surface area contributed by atoms with Crippen molar-refractivity contribution in [1.82, 2.24) is 15.6 Å². The lowest BCUT2D eigenvalue weighted by molar-refractivity contribution is 0.187. The van der Waals surface area contributed by atoms with E-state index in [4.69, 9.17) is 4.42 Å². The van der Waals surface area contributed by atoms with Crippen LogP contribution in [0.2, 0.25) is 0 Å². The molecule has 0 radical (unpaired) electrons. The first kappa shape index (κ1) is 21.7. The average molecular weight is 473 g/mol. The van der Waals surface area contributed by atoms with Gasteiger partial charge in [0.05, 0.1) is 19.3 Å². The number of guanidine groups is 1. The summed E-state index contributed by atoms with van der Waals surface area (Å²) in [5, 5.41) is 8.96. The van der Waals surface area contributed by atoms with E-state index in [0.29, 0.717) is 30.6 Å². The van der Waals surface area contributed by atoms with Crippen molar-refractivity contribution < 1.29 is 13.9 Å². The van der Waals surface area contributed by atoms with Crippen molar-refractivity contribution in [2.45, 2.75) is 26.9 Å². The number of nitrogens with one attached hydrogen (secondary N) is 3. The Kier molecular flexibility index (Phi) is 8.90. The van der Waals surface area contributed by atoms with Crippen LogP contribution in [0.15, 0.2) is 33.7 Å². The van der Waals surface area contributed by atoms with Gasteiger partial charge < -0.3 is 19.8 Å². The SMILES string of the molecule is CN=C(NCc1ccc(NC(=O)OC)cc1)NCc1nc(C)c(C)o1.I. The number of amides is 1. The summed E-state index contributed by atoms with van der Waals surface area (Å²) in [5.74, 6) is 2.09. The maximum absolute atomic E-state index is 11.1. The average Bonchev–Trinajstić information content (AvgIpc) is 2.94. The molecule has 0 aliphatic carbocycles. The topological polar surface area (TPSA) is 101 Å². The van der Waals surface area contributed by atoms with E-state index >= 15 is 0 Å². The molecule has 142 valence electrons. The summed E-state index contributed by atoms with van der Waals surface area (Å²) < 4.78 is 10.1. The van der Waals surface area contributed by atoms with Crippen LogP contribution in [-0.4, -0.2) is 31.2 Å². The highest BCUT2D eigenvalue weighted by Gasteiger charge is 2.06. The number of aryl methyl sites for hydroxylation is 2. The number of methoxy groups -OCH3 is 1. The fraction of sp³-hybridized carbons (Fsp3) is 0.353. The monoisotopic (exact) mass is 473 g/mol. The van der Waals surface area contributed by atoms with Crippen LogP contribution < -0.4 is 16.0 Å². The van der Waals surface area contributed by atoms with Gasteiger partial charge in [-0.05, 0) is 31.5 Å². The molecular formula is C17H24IN5O3. The minimum absolute atomic E-state index is 0. The Labute approximate surface area is 169 Å². The van der Waals surface area contributed by atoms with Gasteiger partial charge in [-0.1, -0.05) is 12.1 Å². The summed E-state index contributed by atoms with van der Waals surface area (Å²) in [4.78, 5) is 19.6. The molecule has 0 spiro atoms. The molecule has 0 aliphatic rings. The number of carbonyl (C=O) groups excluding carboxylic acids is 1. The number of ether oxygens (including phenoxy) is 1. The van der Waals surface area contributed by atoms with Crippen LogP contribution in [-0.2, 0) is 17.8 Å². The van der Waals surface area contributed by atoms with E-state index in [0.717, 1.165) is 17.0 Å². The number of halogens is 1. The molecule has 1 aromatic heterocycles. The van der Waals surface area contributed by atoms with Crippen LogP contribution in [0.4, 0.5) is 10.5 Å². The molecule has 1 amide bonds. The Morgan fingerprint density at radius 3 is 2.38 bits per heavy atom. The Balaban J connectivity index is 0.00000338. The van der Waals surface area contributed by atoms with E-state index in [9.17, 15) is 4.79 Å². The first-order valence-electron chi connectivity index (χ1n) is 7.83. The zero-order valence-corrected chi connectivity index (χ0v) is 17.6. The van der Waals surface area contributed by atoms with E-state index in [1.165, 1.54) is 7.11 Å². The minimum Gasteiger partial charge on any atom is -0.453 e. The molecule has 2 aromatic rings. The molecule has 0 unspecified atom stereocenters. The molecule has 9 heteroatoms. The largest absolute Gasteiger partial charge is 0.453 e. The molecular weight excluding hydrogens is 449 g/mol. The van der Waals surface area contributed by atoms with E-state index in [1.807, 2.05) is 38.1 Å². The minimum atomic E-state index is -0.493. The molecule has 1 heterocycles. The summed E-state index contributed by atoms with van der Waals surface area (Å²) in [7, 11) is 3.03. The van der Waals surface area contributed by atoms with Crippen LogP contribution in [0.3, 0.4) is 0 Å². The number of anilines is 1. The maximum Gasteiger partial charge on any atom is 0.411 e. The number of nitrogens with zero attached hydrogens (tertiary/aromatic N) is 2. The normalized spacial score (nSPS) is 10.7. The Morgan fingerprint density at radius 1 is 1.19 bits per heavy atom. The van der Waals surface area contributed by atoms with Crippen LogP contribution in [0, 0.1) is 13.8 Å². The van der Waals surface area contributed by atoms with Crippen LogP contribution in [0.25, 0.3) is 0 Å². The summed E-state index contributed by atoms with van der Waals surface area (Å²) >= 11 is 0. The second-order valence-corrected chi connectivity index (χ2v) is 5.34. The molecule has 0 atom stereocenters. The third-order valence-electron chi connectivity index (χ3n) is 3.55. The molecule has 0 fully saturated rings. The molecule has 0 saturated carbocycles. The summed E-state index contributed by atoms with van der Waals surface area (Å²) in [6.45, 7) is 4.84. The van der Waals surface area contributed by atoms with Gasteiger partial charge in [0.15, 0.2) is 5.96 Å². The van der Waals surface area contributed by atoms with Gasteiger partial charge in [-0.2, -0.15) is 0 Å². The van der Waals surface area contributed by atoms with E-state index < -0.39 is 6.09 Å². The number of rotatable bonds is 5. The molecule has 0 aliphatic heterocycles. The maximum atomic E-state index is 11.1. The number of hydrogen-bond donors (Lipinski definition) is 3. The van der Waals surface area contributed by atoms with Crippen LogP contribution in [0.1, 0.15) is 22.9 Å². The lowest BCUT2D eigenvalue weighted by Crippen LogP contribution is -2.36. The number of aliphatic imine (C=N–C) groups is 1. The molecule has 0 bridgehead atoms. The van der Waals surface area contributed by atoms with Gasteiger partial charge in [0.2, 0.25) is 5.89 Å². The molecule has 26 heavy (non-hydrogen) atoms. The number of benzene rings is 1. The van der Waals surface area contributed by atoms with Gasteiger partial charge in [-0.3, -0.25) is 10.3 Å². The molecule has 0 saturated heterocycles. The summed E-state index contributed by atoms with van der Waals surface area (Å²) in [5.41, 5.74) is 2.61. The number of oxazole rings is 1. The van der Waals surface area contributed by atoms with E-state index in [1.54, 1.807) is 7.05 Å². The number of hydrogen-bond acceptors (Lipinski definition) is 5. The first-order chi connectivity index (χ1) is 12.0. The highest BCUT2D eigenvalue weighted by atomic mass is 127. The molecule has 8 nitrogen and oxygen atoms in total. The zero-order chi connectivity index (χ0) is 18.2. The molecule has 2 rings (SSSR count). The van der Waals surface area contributed by atoms with E-state index in [2.05, 4.69) is 30.7 Å². The van der Waals surface area contributed by atoms with Gasteiger partial charge >= 0.3 is 6.09 Å². The fourth-order valence-electron chi connectivity index (χ4n) is 2.06. The Morgan fingerprint density at radius 2 is 1.85 bits per heavy atom. The van der Waals surface area contributed by atoms with Crippen LogP contribution >= 0.6 is 24.0 Å². The highest BCUT2D eigenvalue weighted by Crippen LogP contribution is 2.10. The van der Waals surface area contributed by atoms with Crippen molar-refractivity contribution >= 4 is 41.7 Å². The second kappa shape index (κ2) is 10.6. The third kappa shape index (κ3) is 6.54. The lowest BCUT2D eigenvalue weighted by atomic mass is 10.2. The van der Waals surface area contributed by atoms with Crippen molar-refractivity contribution in [3.8, 4) is 0 Å². The fourth-order valence-corrected chi connectivity index (χ4v) is 2.06. The van der Waals surface area contributed by atoms with Crippen molar-refractivity contribution in [3.05, 3.63) is 47.2 Å². The van der Waals surface area contributed by atoms with Crippen molar-refractivity contribution in [2.75, 3.05) is 19.5 Å². The standard InChI is InChI=1S/C17H23N5O3.HI/c1-11-12(2)25-15(21-11)10-20-16(18-3)19-9-13-5-7-14(8-6-13)22-17(23)24-4;/h5-8H,9-10H2,1-4H3,(H,22,23)(H2,18,19,20);1H. The van der Waals surface area contributed by atoms with Gasteiger partial charge in [0.25, 0.3) is 0 Å². The Hall–Kier alpha value is -2.30. The van der Waals surface area contributed by atoms with Crippen LogP contribution in [0.5, 0.6) is 0 Å². The molecule has 1 aromatic carbocycles. The zero-order valence-electron chi connectivity index (χ0n) is 15.3. The van der Waals surface area contributed by atoms with Gasteiger partial charge in [-0.15, -0.1) is 24.0 Å².